The Labute approximate surface area is 153 Å². The van der Waals surface area contributed by atoms with Crippen molar-refractivity contribution in [1.29, 1.82) is 0 Å². The molecule has 9 heteroatoms. The number of esters is 1. The number of anilines is 1. The van der Waals surface area contributed by atoms with Crippen molar-refractivity contribution in [2.75, 3.05) is 23.7 Å². The zero-order valence-electron chi connectivity index (χ0n) is 14.8. The molecule has 0 bridgehead atoms. The van der Waals surface area contributed by atoms with Gasteiger partial charge < -0.3 is 4.74 Å². The third-order valence-corrected chi connectivity index (χ3v) is 5.10. The Balaban J connectivity index is 2.05. The number of rotatable bonds is 7. The molecule has 142 valence electrons. The average molecular weight is 381 g/mol. The van der Waals surface area contributed by atoms with E-state index in [0.717, 1.165) is 17.0 Å². The number of para-hydroxylation sites is 1. The molecule has 1 atom stereocenters. The zero-order valence-corrected chi connectivity index (χ0v) is 15.7. The molecule has 1 fully saturated rings. The maximum Gasteiger partial charge on any atom is 0.314 e. The molecule has 1 aliphatic carbocycles. The number of carbonyl (C=O) groups excluding carboxylic acids is 2. The van der Waals surface area contributed by atoms with Crippen molar-refractivity contribution in [2.45, 2.75) is 26.2 Å². The first kappa shape index (κ1) is 19.9. The minimum Gasteiger partial charge on any atom is -0.465 e. The van der Waals surface area contributed by atoms with Gasteiger partial charge in [-0.3, -0.25) is 13.9 Å². The van der Waals surface area contributed by atoms with Gasteiger partial charge in [0.1, 0.15) is 6.54 Å². The van der Waals surface area contributed by atoms with Crippen LogP contribution in [0.4, 0.5) is 5.69 Å². The van der Waals surface area contributed by atoms with Crippen LogP contribution in [0.5, 0.6) is 0 Å². The first-order valence-electron chi connectivity index (χ1n) is 8.37. The van der Waals surface area contributed by atoms with Gasteiger partial charge in [-0.15, -0.1) is 0 Å². The third kappa shape index (κ3) is 5.29. The van der Waals surface area contributed by atoms with Crippen molar-refractivity contribution in [2.24, 2.45) is 11.0 Å². The lowest BCUT2D eigenvalue weighted by atomic mass is 10.1. The molecule has 0 saturated heterocycles. The molecule has 8 nitrogen and oxygen atoms in total. The number of amides is 1. The highest BCUT2D eigenvalue weighted by atomic mass is 32.2. The number of benzene rings is 1. The Morgan fingerprint density at radius 2 is 2.00 bits per heavy atom. The van der Waals surface area contributed by atoms with Crippen LogP contribution in [0.25, 0.3) is 0 Å². The SMILES string of the molecule is CCOC(=O)C1CCC/C1=N\NC(=O)CN(c1ccccc1)S(C)(=O)=O. The fourth-order valence-corrected chi connectivity index (χ4v) is 3.61. The molecule has 26 heavy (non-hydrogen) atoms. The number of carbonyl (C=O) groups is 2. The molecule has 0 radical (unpaired) electrons. The van der Waals surface area contributed by atoms with E-state index in [0.29, 0.717) is 24.2 Å². The number of hydrogen-bond donors (Lipinski definition) is 1. The maximum atomic E-state index is 12.2. The average Bonchev–Trinajstić information content (AvgIpc) is 3.06. The largest absolute Gasteiger partial charge is 0.465 e. The predicted molar refractivity (Wildman–Crippen MR) is 98.2 cm³/mol. The summed E-state index contributed by atoms with van der Waals surface area (Å²) in [4.78, 5) is 24.1. The van der Waals surface area contributed by atoms with Gasteiger partial charge in [0.15, 0.2) is 0 Å². The Kier molecular flexibility index (Phi) is 6.73. The summed E-state index contributed by atoms with van der Waals surface area (Å²) in [6, 6.07) is 8.34. The van der Waals surface area contributed by atoms with E-state index in [4.69, 9.17) is 4.74 Å². The molecule has 1 aromatic carbocycles. The molecule has 2 rings (SSSR count). The van der Waals surface area contributed by atoms with Crippen LogP contribution < -0.4 is 9.73 Å². The van der Waals surface area contributed by atoms with E-state index in [-0.39, 0.29) is 12.6 Å². The standard InChI is InChI=1S/C17H23N3O5S/c1-3-25-17(22)14-10-7-11-15(14)18-19-16(21)12-20(26(2,23)24)13-8-5-4-6-9-13/h4-6,8-9,14H,3,7,10-12H2,1-2H3,(H,19,21)/b18-15+. The molecule has 1 N–H and O–H groups in total. The molecule has 1 aromatic rings. The fourth-order valence-electron chi connectivity index (χ4n) is 2.75. The van der Waals surface area contributed by atoms with Crippen molar-refractivity contribution in [1.82, 2.24) is 5.43 Å². The van der Waals surface area contributed by atoms with E-state index in [1.165, 1.54) is 0 Å². The van der Waals surface area contributed by atoms with E-state index in [2.05, 4.69) is 10.5 Å². The van der Waals surface area contributed by atoms with Crippen LogP contribution in [-0.2, 0) is 24.3 Å². The first-order chi connectivity index (χ1) is 12.3. The molecule has 1 amide bonds. The Morgan fingerprint density at radius 3 is 2.62 bits per heavy atom. The Hall–Kier alpha value is -2.42. The summed E-state index contributed by atoms with van der Waals surface area (Å²) in [7, 11) is -3.63. The van der Waals surface area contributed by atoms with Crippen LogP contribution in [0.15, 0.2) is 35.4 Å². The summed E-state index contributed by atoms with van der Waals surface area (Å²) in [6.45, 7) is 1.62. The molecule has 0 spiro atoms. The summed E-state index contributed by atoms with van der Waals surface area (Å²) in [5.41, 5.74) is 3.31. The highest BCUT2D eigenvalue weighted by Gasteiger charge is 2.31. The quantitative estimate of drug-likeness (QED) is 0.566. The molecule has 0 heterocycles. The second kappa shape index (κ2) is 8.79. The van der Waals surface area contributed by atoms with Gasteiger partial charge in [0.25, 0.3) is 5.91 Å². The van der Waals surface area contributed by atoms with Gasteiger partial charge in [0.2, 0.25) is 10.0 Å². The topological polar surface area (TPSA) is 105 Å². The van der Waals surface area contributed by atoms with Gasteiger partial charge in [0.05, 0.1) is 30.2 Å². The van der Waals surface area contributed by atoms with E-state index >= 15 is 0 Å². The fraction of sp³-hybridized carbons (Fsp3) is 0.471. The smallest absolute Gasteiger partial charge is 0.314 e. The van der Waals surface area contributed by atoms with Crippen molar-refractivity contribution in [3.63, 3.8) is 0 Å². The van der Waals surface area contributed by atoms with Gasteiger partial charge in [-0.05, 0) is 38.3 Å². The minimum atomic E-state index is -3.63. The Morgan fingerprint density at radius 1 is 1.31 bits per heavy atom. The molecule has 1 unspecified atom stereocenters. The van der Waals surface area contributed by atoms with Crippen LogP contribution in [0.2, 0.25) is 0 Å². The minimum absolute atomic E-state index is 0.287. The predicted octanol–water partition coefficient (Wildman–Crippen LogP) is 1.29. The van der Waals surface area contributed by atoms with Gasteiger partial charge in [-0.1, -0.05) is 18.2 Å². The van der Waals surface area contributed by atoms with E-state index in [1.807, 2.05) is 0 Å². The third-order valence-electron chi connectivity index (χ3n) is 3.95. The first-order valence-corrected chi connectivity index (χ1v) is 10.2. The summed E-state index contributed by atoms with van der Waals surface area (Å²) in [5, 5.41) is 4.03. The van der Waals surface area contributed by atoms with Crippen LogP contribution in [0, 0.1) is 5.92 Å². The molecule has 0 aromatic heterocycles. The maximum absolute atomic E-state index is 12.2. The zero-order chi connectivity index (χ0) is 19.2. The van der Waals surface area contributed by atoms with Gasteiger partial charge in [-0.25, -0.2) is 13.8 Å². The number of ether oxygens (including phenoxy) is 1. The number of sulfonamides is 1. The second-order valence-electron chi connectivity index (χ2n) is 5.94. The highest BCUT2D eigenvalue weighted by Crippen LogP contribution is 2.23. The van der Waals surface area contributed by atoms with Crippen molar-refractivity contribution >= 4 is 33.3 Å². The monoisotopic (exact) mass is 381 g/mol. The summed E-state index contributed by atoms with van der Waals surface area (Å²) in [6.07, 6.45) is 3.05. The molecule has 1 saturated carbocycles. The van der Waals surface area contributed by atoms with Gasteiger partial charge >= 0.3 is 5.97 Å². The summed E-state index contributed by atoms with van der Waals surface area (Å²) in [5.74, 6) is -1.38. The van der Waals surface area contributed by atoms with Crippen LogP contribution in [-0.4, -0.2) is 45.4 Å². The number of hydrogen-bond acceptors (Lipinski definition) is 6. The lowest BCUT2D eigenvalue weighted by Crippen LogP contribution is -2.39. The normalized spacial score (nSPS) is 18.5. The van der Waals surface area contributed by atoms with Crippen LogP contribution >= 0.6 is 0 Å². The highest BCUT2D eigenvalue weighted by molar-refractivity contribution is 7.92. The number of hydrazone groups is 1. The second-order valence-corrected chi connectivity index (χ2v) is 7.85. The number of nitrogens with one attached hydrogen (secondary N) is 1. The molecular weight excluding hydrogens is 358 g/mol. The van der Waals surface area contributed by atoms with Gasteiger partial charge in [0, 0.05) is 0 Å². The summed E-state index contributed by atoms with van der Waals surface area (Å²) >= 11 is 0. The summed E-state index contributed by atoms with van der Waals surface area (Å²) < 4.78 is 30.0. The van der Waals surface area contributed by atoms with Crippen molar-refractivity contribution < 1.29 is 22.7 Å². The van der Waals surface area contributed by atoms with Crippen molar-refractivity contribution in [3.05, 3.63) is 30.3 Å². The van der Waals surface area contributed by atoms with Gasteiger partial charge in [-0.2, -0.15) is 5.10 Å². The lowest BCUT2D eigenvalue weighted by molar-refractivity contribution is -0.145. The van der Waals surface area contributed by atoms with E-state index in [1.54, 1.807) is 37.3 Å². The molecule has 0 aliphatic heterocycles. The van der Waals surface area contributed by atoms with Crippen LogP contribution in [0.1, 0.15) is 26.2 Å². The Bertz CT molecular complexity index is 777. The van der Waals surface area contributed by atoms with E-state index < -0.39 is 28.4 Å². The molecular formula is C17H23N3O5S. The van der Waals surface area contributed by atoms with E-state index in [9.17, 15) is 18.0 Å². The molecule has 1 aliphatic rings. The van der Waals surface area contributed by atoms with Crippen molar-refractivity contribution in [3.8, 4) is 0 Å². The van der Waals surface area contributed by atoms with Crippen LogP contribution in [0.3, 0.4) is 0 Å². The number of nitrogens with zero attached hydrogens (tertiary/aromatic N) is 2. The lowest BCUT2D eigenvalue weighted by Gasteiger charge is -2.21.